The standard InChI is InChI=1S/C27H32N2O4/c1-4-33-21-14-20-9-11-27(15-21,19-7-5-18(6-8-19)26(30)31)29(20)16-23-22-10-12-28-25(22)17(2)13-24(23)32-3/h5-8,10,12-13,20-21,28H,4,9,11,14-16H2,1-3H3,(H,30,31). The van der Waals surface area contributed by atoms with Crippen LogP contribution in [0.3, 0.4) is 0 Å². The summed E-state index contributed by atoms with van der Waals surface area (Å²) in [6, 6.07) is 12.2. The van der Waals surface area contributed by atoms with Crippen molar-refractivity contribution in [3.8, 4) is 5.75 Å². The molecule has 5 rings (SSSR count). The molecule has 0 amide bonds. The summed E-state index contributed by atoms with van der Waals surface area (Å²) in [4.78, 5) is 17.5. The zero-order valence-corrected chi connectivity index (χ0v) is 19.6. The van der Waals surface area contributed by atoms with E-state index in [1.807, 2.05) is 18.3 Å². The molecular formula is C27H32N2O4. The van der Waals surface area contributed by atoms with Crippen LogP contribution < -0.4 is 4.74 Å². The second-order valence-corrected chi connectivity index (χ2v) is 9.39. The molecular weight excluding hydrogens is 416 g/mol. The van der Waals surface area contributed by atoms with Crippen LogP contribution in [0.2, 0.25) is 0 Å². The number of aromatic nitrogens is 1. The number of aromatic amines is 1. The van der Waals surface area contributed by atoms with Crippen molar-refractivity contribution in [2.75, 3.05) is 13.7 Å². The predicted molar refractivity (Wildman–Crippen MR) is 128 cm³/mol. The van der Waals surface area contributed by atoms with Crippen molar-refractivity contribution < 1.29 is 19.4 Å². The van der Waals surface area contributed by atoms with Crippen LogP contribution in [-0.2, 0) is 16.8 Å². The monoisotopic (exact) mass is 448 g/mol. The van der Waals surface area contributed by atoms with Crippen molar-refractivity contribution >= 4 is 16.9 Å². The summed E-state index contributed by atoms with van der Waals surface area (Å²) in [6.45, 7) is 5.65. The van der Waals surface area contributed by atoms with Gasteiger partial charge in [0.1, 0.15) is 5.75 Å². The fraction of sp³-hybridized carbons (Fsp3) is 0.444. The summed E-state index contributed by atoms with van der Waals surface area (Å²) in [5, 5.41) is 10.6. The Labute approximate surface area is 194 Å². The van der Waals surface area contributed by atoms with Gasteiger partial charge in [-0.1, -0.05) is 12.1 Å². The van der Waals surface area contributed by atoms with Crippen LogP contribution in [0.1, 0.15) is 59.7 Å². The number of aryl methyl sites for hydroxylation is 1. The van der Waals surface area contributed by atoms with E-state index in [9.17, 15) is 9.90 Å². The van der Waals surface area contributed by atoms with E-state index in [0.29, 0.717) is 18.2 Å². The quantitative estimate of drug-likeness (QED) is 0.517. The SMILES string of the molecule is CCOC1CC2CCC(c3ccc(C(=O)O)cc3)(C1)N2Cc1c(OC)cc(C)c2[nH]ccc12. The van der Waals surface area contributed by atoms with Crippen LogP contribution in [0.4, 0.5) is 0 Å². The van der Waals surface area contributed by atoms with Gasteiger partial charge < -0.3 is 19.6 Å². The van der Waals surface area contributed by atoms with Crippen molar-refractivity contribution in [3.63, 3.8) is 0 Å². The summed E-state index contributed by atoms with van der Waals surface area (Å²) in [7, 11) is 1.74. The number of carbonyl (C=O) groups is 1. The number of fused-ring (bicyclic) bond motifs is 3. The van der Waals surface area contributed by atoms with Crippen LogP contribution in [0.15, 0.2) is 42.6 Å². The summed E-state index contributed by atoms with van der Waals surface area (Å²) < 4.78 is 12.0. The Kier molecular flexibility index (Phi) is 5.67. The van der Waals surface area contributed by atoms with E-state index in [4.69, 9.17) is 9.47 Å². The van der Waals surface area contributed by atoms with Gasteiger partial charge in [-0.05, 0) is 74.9 Å². The maximum absolute atomic E-state index is 11.4. The molecule has 0 radical (unpaired) electrons. The fourth-order valence-corrected chi connectivity index (χ4v) is 6.23. The minimum atomic E-state index is -0.893. The van der Waals surface area contributed by atoms with Crippen LogP contribution in [0.25, 0.3) is 10.9 Å². The molecule has 1 aromatic heterocycles. The van der Waals surface area contributed by atoms with Crippen LogP contribution >= 0.6 is 0 Å². The van der Waals surface area contributed by atoms with Gasteiger partial charge in [0.25, 0.3) is 0 Å². The van der Waals surface area contributed by atoms with Crippen molar-refractivity contribution in [1.29, 1.82) is 0 Å². The van der Waals surface area contributed by atoms with E-state index in [0.717, 1.165) is 43.5 Å². The Morgan fingerprint density at radius 2 is 2.06 bits per heavy atom. The minimum absolute atomic E-state index is 0.182. The van der Waals surface area contributed by atoms with E-state index in [1.54, 1.807) is 19.2 Å². The molecule has 6 heteroatoms. The number of H-pyrrole nitrogens is 1. The molecule has 2 aromatic carbocycles. The normalized spacial score (nSPS) is 24.9. The molecule has 3 aromatic rings. The average molecular weight is 449 g/mol. The lowest BCUT2D eigenvalue weighted by Crippen LogP contribution is -2.52. The number of carboxylic acids is 1. The molecule has 3 heterocycles. The third-order valence-electron chi connectivity index (χ3n) is 7.71. The molecule has 3 unspecified atom stereocenters. The first-order chi connectivity index (χ1) is 16.0. The largest absolute Gasteiger partial charge is 0.496 e. The first kappa shape index (κ1) is 22.0. The number of piperidine rings is 1. The number of ether oxygens (including phenoxy) is 2. The molecule has 2 saturated heterocycles. The van der Waals surface area contributed by atoms with Crippen molar-refractivity contribution in [1.82, 2.24) is 9.88 Å². The maximum atomic E-state index is 11.4. The van der Waals surface area contributed by atoms with E-state index in [-0.39, 0.29) is 11.6 Å². The highest BCUT2D eigenvalue weighted by molar-refractivity contribution is 5.88. The molecule has 0 spiro atoms. The van der Waals surface area contributed by atoms with E-state index in [1.165, 1.54) is 22.1 Å². The lowest BCUT2D eigenvalue weighted by atomic mass is 9.79. The van der Waals surface area contributed by atoms with Gasteiger partial charge in [-0.25, -0.2) is 4.79 Å². The molecule has 0 saturated carbocycles. The van der Waals surface area contributed by atoms with Gasteiger partial charge in [-0.15, -0.1) is 0 Å². The zero-order chi connectivity index (χ0) is 23.2. The van der Waals surface area contributed by atoms with Gasteiger partial charge in [0.15, 0.2) is 0 Å². The Morgan fingerprint density at radius 3 is 2.76 bits per heavy atom. The molecule has 0 aliphatic carbocycles. The van der Waals surface area contributed by atoms with Crippen LogP contribution in [0.5, 0.6) is 5.75 Å². The third-order valence-corrected chi connectivity index (χ3v) is 7.71. The van der Waals surface area contributed by atoms with Crippen molar-refractivity contribution in [2.45, 2.75) is 63.8 Å². The van der Waals surface area contributed by atoms with Gasteiger partial charge in [0.05, 0.1) is 18.8 Å². The fourth-order valence-electron chi connectivity index (χ4n) is 6.23. The smallest absolute Gasteiger partial charge is 0.335 e. The van der Waals surface area contributed by atoms with E-state index >= 15 is 0 Å². The van der Waals surface area contributed by atoms with Gasteiger partial charge in [-0.2, -0.15) is 0 Å². The first-order valence-electron chi connectivity index (χ1n) is 11.8. The van der Waals surface area contributed by atoms with E-state index < -0.39 is 5.97 Å². The second-order valence-electron chi connectivity index (χ2n) is 9.39. The lowest BCUT2D eigenvalue weighted by Gasteiger charge is -2.48. The van der Waals surface area contributed by atoms with Gasteiger partial charge >= 0.3 is 5.97 Å². The molecule has 174 valence electrons. The molecule has 2 fully saturated rings. The van der Waals surface area contributed by atoms with Crippen LogP contribution in [-0.4, -0.2) is 46.8 Å². The Balaban J connectivity index is 1.59. The number of methoxy groups -OCH3 is 1. The van der Waals surface area contributed by atoms with Gasteiger partial charge in [0, 0.05) is 47.4 Å². The molecule has 3 atom stereocenters. The molecule has 33 heavy (non-hydrogen) atoms. The van der Waals surface area contributed by atoms with Gasteiger partial charge in [0.2, 0.25) is 0 Å². The number of hydrogen-bond donors (Lipinski definition) is 2. The van der Waals surface area contributed by atoms with Crippen molar-refractivity contribution in [2.24, 2.45) is 0 Å². The second kappa shape index (κ2) is 8.50. The molecule has 2 bridgehead atoms. The number of benzene rings is 2. The number of nitrogens with zero attached hydrogens (tertiary/aromatic N) is 1. The van der Waals surface area contributed by atoms with Crippen LogP contribution in [0, 0.1) is 6.92 Å². The highest BCUT2D eigenvalue weighted by Crippen LogP contribution is 2.52. The number of aromatic carboxylic acids is 1. The van der Waals surface area contributed by atoms with E-state index in [2.05, 4.69) is 35.9 Å². The predicted octanol–water partition coefficient (Wildman–Crippen LogP) is 5.24. The Bertz CT molecular complexity index is 1170. The Morgan fingerprint density at radius 1 is 1.27 bits per heavy atom. The summed E-state index contributed by atoms with van der Waals surface area (Å²) in [5.41, 5.74) is 4.85. The topological polar surface area (TPSA) is 74.8 Å². The third kappa shape index (κ3) is 3.62. The summed E-state index contributed by atoms with van der Waals surface area (Å²) >= 11 is 0. The number of hydrogen-bond acceptors (Lipinski definition) is 4. The average Bonchev–Trinajstić information content (AvgIpc) is 3.38. The maximum Gasteiger partial charge on any atom is 0.335 e. The highest BCUT2D eigenvalue weighted by atomic mass is 16.5. The molecule has 2 aliphatic rings. The highest BCUT2D eigenvalue weighted by Gasteiger charge is 2.53. The summed E-state index contributed by atoms with van der Waals surface area (Å²) in [5.74, 6) is 0.0255. The number of rotatable bonds is 7. The summed E-state index contributed by atoms with van der Waals surface area (Å²) in [6.07, 6.45) is 6.29. The molecule has 6 nitrogen and oxygen atoms in total. The minimum Gasteiger partial charge on any atom is -0.496 e. The zero-order valence-electron chi connectivity index (χ0n) is 19.6. The number of carboxylic acid groups (broad SMARTS) is 1. The first-order valence-corrected chi connectivity index (χ1v) is 11.8. The number of nitrogens with one attached hydrogen (secondary N) is 1. The molecule has 2 N–H and O–H groups in total. The lowest BCUT2D eigenvalue weighted by molar-refractivity contribution is -0.0593. The van der Waals surface area contributed by atoms with Crippen molar-refractivity contribution in [3.05, 3.63) is 64.8 Å². The molecule has 2 aliphatic heterocycles. The Hall–Kier alpha value is -2.83. The van der Waals surface area contributed by atoms with Gasteiger partial charge in [-0.3, -0.25) is 4.90 Å².